The Hall–Kier alpha value is -1.09. The first-order chi connectivity index (χ1) is 7.12. The van der Waals surface area contributed by atoms with Gasteiger partial charge >= 0.3 is 0 Å². The molecule has 1 aromatic carbocycles. The lowest BCUT2D eigenvalue weighted by atomic mass is 9.77. The van der Waals surface area contributed by atoms with Gasteiger partial charge in [-0.25, -0.2) is 4.39 Å². The molecule has 15 heavy (non-hydrogen) atoms. The van der Waals surface area contributed by atoms with Gasteiger partial charge in [-0.15, -0.1) is 0 Å². The molecule has 1 aliphatic carbocycles. The van der Waals surface area contributed by atoms with E-state index in [-0.39, 0.29) is 17.0 Å². The molecule has 0 radical (unpaired) electrons. The number of nitrogens with two attached hydrogens (primary N) is 2. The lowest BCUT2D eigenvalue weighted by Crippen LogP contribution is -2.38. The molecule has 82 valence electrons. The van der Waals surface area contributed by atoms with Gasteiger partial charge in [0.05, 0.1) is 5.69 Å². The third kappa shape index (κ3) is 1.97. The van der Waals surface area contributed by atoms with E-state index in [0.29, 0.717) is 0 Å². The van der Waals surface area contributed by atoms with Crippen molar-refractivity contribution >= 4 is 5.69 Å². The fourth-order valence-electron chi connectivity index (χ4n) is 2.32. The van der Waals surface area contributed by atoms with Gasteiger partial charge in [0.15, 0.2) is 0 Å². The molecule has 0 bridgehead atoms. The van der Waals surface area contributed by atoms with E-state index in [9.17, 15) is 4.39 Å². The lowest BCUT2D eigenvalue weighted by Gasteiger charge is -2.34. The quantitative estimate of drug-likeness (QED) is 0.697. The fraction of sp³-hybridized carbons (Fsp3) is 0.500. The molecule has 1 aliphatic rings. The molecule has 0 unspecified atom stereocenters. The summed E-state index contributed by atoms with van der Waals surface area (Å²) in [6, 6.07) is 4.85. The maximum absolute atomic E-state index is 13.0. The molecular weight excluding hydrogens is 191 g/mol. The molecule has 0 spiro atoms. The van der Waals surface area contributed by atoms with Crippen molar-refractivity contribution in [2.75, 3.05) is 5.73 Å². The Bertz CT molecular complexity index is 357. The van der Waals surface area contributed by atoms with E-state index in [1.165, 1.54) is 12.5 Å². The minimum Gasteiger partial charge on any atom is -0.396 e. The molecule has 4 N–H and O–H groups in total. The van der Waals surface area contributed by atoms with Crippen LogP contribution in [-0.2, 0) is 5.54 Å². The van der Waals surface area contributed by atoms with Crippen LogP contribution in [0.5, 0.6) is 0 Å². The predicted octanol–water partition coefficient (Wildman–Crippen LogP) is 2.53. The van der Waals surface area contributed by atoms with Crippen molar-refractivity contribution in [3.63, 3.8) is 0 Å². The molecule has 2 nitrogen and oxygen atoms in total. The van der Waals surface area contributed by atoms with Crippen molar-refractivity contribution in [2.45, 2.75) is 37.6 Å². The molecule has 2 rings (SSSR count). The lowest BCUT2D eigenvalue weighted by molar-refractivity contribution is 0.302. The summed E-state index contributed by atoms with van der Waals surface area (Å²) in [6.07, 6.45) is 5.48. The summed E-state index contributed by atoms with van der Waals surface area (Å²) >= 11 is 0. The third-order valence-corrected chi connectivity index (χ3v) is 3.32. The van der Waals surface area contributed by atoms with Crippen LogP contribution in [-0.4, -0.2) is 0 Å². The fourth-order valence-corrected chi connectivity index (χ4v) is 2.32. The van der Waals surface area contributed by atoms with Crippen molar-refractivity contribution in [2.24, 2.45) is 5.73 Å². The number of anilines is 1. The largest absolute Gasteiger partial charge is 0.396 e. The summed E-state index contributed by atoms with van der Waals surface area (Å²) in [6.45, 7) is 0. The van der Waals surface area contributed by atoms with Crippen LogP contribution in [0.25, 0.3) is 0 Å². The molecule has 0 amide bonds. The average Bonchev–Trinajstić information content (AvgIpc) is 2.23. The van der Waals surface area contributed by atoms with Crippen LogP contribution < -0.4 is 11.5 Å². The molecule has 0 atom stereocenters. The van der Waals surface area contributed by atoms with Crippen LogP contribution >= 0.6 is 0 Å². The predicted molar refractivity (Wildman–Crippen MR) is 59.8 cm³/mol. The third-order valence-electron chi connectivity index (χ3n) is 3.32. The number of hydrogen-bond acceptors (Lipinski definition) is 2. The van der Waals surface area contributed by atoms with E-state index in [1.54, 1.807) is 12.1 Å². The Labute approximate surface area is 89.5 Å². The Balaban J connectivity index is 2.31. The smallest absolute Gasteiger partial charge is 0.146 e. The van der Waals surface area contributed by atoms with Gasteiger partial charge in [0.1, 0.15) is 5.82 Å². The Morgan fingerprint density at radius 3 is 2.40 bits per heavy atom. The van der Waals surface area contributed by atoms with Crippen molar-refractivity contribution in [1.82, 2.24) is 0 Å². The number of benzene rings is 1. The molecule has 0 aliphatic heterocycles. The van der Waals surface area contributed by atoms with Crippen LogP contribution in [0.2, 0.25) is 0 Å². The van der Waals surface area contributed by atoms with Crippen LogP contribution in [0.3, 0.4) is 0 Å². The first-order valence-corrected chi connectivity index (χ1v) is 5.46. The Morgan fingerprint density at radius 2 is 1.80 bits per heavy atom. The highest BCUT2D eigenvalue weighted by Gasteiger charge is 2.29. The van der Waals surface area contributed by atoms with Gasteiger partial charge in [-0.05, 0) is 30.5 Å². The van der Waals surface area contributed by atoms with E-state index >= 15 is 0 Å². The van der Waals surface area contributed by atoms with E-state index in [1.807, 2.05) is 0 Å². The Morgan fingerprint density at radius 1 is 1.13 bits per heavy atom. The molecule has 0 saturated heterocycles. The maximum Gasteiger partial charge on any atom is 0.146 e. The number of rotatable bonds is 1. The summed E-state index contributed by atoms with van der Waals surface area (Å²) < 4.78 is 13.0. The summed E-state index contributed by atoms with van der Waals surface area (Å²) in [4.78, 5) is 0. The molecule has 1 fully saturated rings. The molecule has 1 aromatic rings. The topological polar surface area (TPSA) is 52.0 Å². The number of halogens is 1. The normalized spacial score (nSPS) is 20.1. The van der Waals surface area contributed by atoms with Crippen LogP contribution in [0, 0.1) is 5.82 Å². The van der Waals surface area contributed by atoms with Gasteiger partial charge < -0.3 is 11.5 Å². The summed E-state index contributed by atoms with van der Waals surface area (Å²) in [7, 11) is 0. The van der Waals surface area contributed by atoms with Crippen LogP contribution in [0.4, 0.5) is 10.1 Å². The zero-order chi connectivity index (χ0) is 10.9. The molecule has 1 saturated carbocycles. The second kappa shape index (κ2) is 3.81. The van der Waals surface area contributed by atoms with Gasteiger partial charge in [-0.1, -0.05) is 25.3 Å². The summed E-state index contributed by atoms with van der Waals surface area (Å²) in [5.41, 5.74) is 12.8. The molecular formula is C12H17FN2. The van der Waals surface area contributed by atoms with E-state index in [0.717, 1.165) is 31.2 Å². The van der Waals surface area contributed by atoms with E-state index < -0.39 is 0 Å². The summed E-state index contributed by atoms with van der Waals surface area (Å²) in [5.74, 6) is -0.363. The van der Waals surface area contributed by atoms with Crippen molar-refractivity contribution in [3.05, 3.63) is 29.6 Å². The van der Waals surface area contributed by atoms with Crippen molar-refractivity contribution in [3.8, 4) is 0 Å². The van der Waals surface area contributed by atoms with Crippen molar-refractivity contribution in [1.29, 1.82) is 0 Å². The van der Waals surface area contributed by atoms with Crippen LogP contribution in [0.1, 0.15) is 37.7 Å². The summed E-state index contributed by atoms with van der Waals surface area (Å²) in [5, 5.41) is 0. The highest BCUT2D eigenvalue weighted by Crippen LogP contribution is 2.35. The zero-order valence-electron chi connectivity index (χ0n) is 8.80. The SMILES string of the molecule is Nc1cc(C2(N)CCCCC2)ccc1F. The second-order valence-corrected chi connectivity index (χ2v) is 4.45. The molecule has 0 heterocycles. The number of hydrogen-bond donors (Lipinski definition) is 2. The van der Waals surface area contributed by atoms with Gasteiger partial charge in [-0.2, -0.15) is 0 Å². The highest BCUT2D eigenvalue weighted by atomic mass is 19.1. The number of nitrogen functional groups attached to an aromatic ring is 1. The maximum atomic E-state index is 13.0. The van der Waals surface area contributed by atoms with Gasteiger partial charge in [-0.3, -0.25) is 0 Å². The molecule has 3 heteroatoms. The van der Waals surface area contributed by atoms with Crippen molar-refractivity contribution < 1.29 is 4.39 Å². The zero-order valence-corrected chi connectivity index (χ0v) is 8.80. The van der Waals surface area contributed by atoms with E-state index in [4.69, 9.17) is 11.5 Å². The standard InChI is InChI=1S/C12H17FN2/c13-10-5-4-9(8-11(10)14)12(15)6-2-1-3-7-12/h4-5,8H,1-3,6-7,14-15H2. The second-order valence-electron chi connectivity index (χ2n) is 4.45. The average molecular weight is 208 g/mol. The minimum atomic E-state index is -0.363. The highest BCUT2D eigenvalue weighted by molar-refractivity contribution is 5.44. The van der Waals surface area contributed by atoms with E-state index in [2.05, 4.69) is 0 Å². The van der Waals surface area contributed by atoms with Gasteiger partial charge in [0.25, 0.3) is 0 Å². The first kappa shape index (κ1) is 10.4. The minimum absolute atomic E-state index is 0.197. The van der Waals surface area contributed by atoms with Gasteiger partial charge in [0.2, 0.25) is 0 Å². The first-order valence-electron chi connectivity index (χ1n) is 5.46. The Kier molecular flexibility index (Phi) is 2.65. The monoisotopic (exact) mass is 208 g/mol. The van der Waals surface area contributed by atoms with Gasteiger partial charge in [0, 0.05) is 5.54 Å². The van der Waals surface area contributed by atoms with Crippen LogP contribution in [0.15, 0.2) is 18.2 Å². The molecule has 0 aromatic heterocycles.